The number of esters is 1. The van der Waals surface area contributed by atoms with E-state index >= 15 is 0 Å². The molecule has 0 bridgehead atoms. The lowest BCUT2D eigenvalue weighted by Crippen LogP contribution is -2.20. The van der Waals surface area contributed by atoms with Crippen LogP contribution in [0.25, 0.3) is 0 Å². The maximum atomic E-state index is 11.9. The molecule has 0 aliphatic heterocycles. The zero-order valence-electron chi connectivity index (χ0n) is 13.0. The molecule has 24 heavy (non-hydrogen) atoms. The number of aryl methyl sites for hydroxylation is 1. The number of carbonyl (C=O) groups is 2. The lowest BCUT2D eigenvalue weighted by Gasteiger charge is -2.07. The zero-order valence-corrected chi connectivity index (χ0v) is 13.8. The first-order valence-corrected chi connectivity index (χ1v) is 8.53. The Kier molecular flexibility index (Phi) is 5.83. The Morgan fingerprint density at radius 3 is 2.17 bits per heavy atom. The number of hydrogen-bond donors (Lipinski definition) is 0. The van der Waals surface area contributed by atoms with Gasteiger partial charge in [0, 0.05) is 5.56 Å². The van der Waals surface area contributed by atoms with Gasteiger partial charge in [0.1, 0.15) is 13.2 Å². The molecule has 6 nitrogen and oxygen atoms in total. The van der Waals surface area contributed by atoms with Gasteiger partial charge in [0.25, 0.3) is 15.9 Å². The molecule has 0 N–H and O–H groups in total. The lowest BCUT2D eigenvalue weighted by atomic mass is 10.1. The van der Waals surface area contributed by atoms with Crippen LogP contribution in [0.1, 0.15) is 15.9 Å². The Balaban J connectivity index is 1.83. The molecule has 0 fully saturated rings. The Morgan fingerprint density at radius 2 is 1.54 bits per heavy atom. The van der Waals surface area contributed by atoms with E-state index in [2.05, 4.69) is 0 Å². The van der Waals surface area contributed by atoms with Gasteiger partial charge < -0.3 is 4.74 Å². The van der Waals surface area contributed by atoms with Crippen LogP contribution in [0.5, 0.6) is 0 Å². The summed E-state index contributed by atoms with van der Waals surface area (Å²) in [5.74, 6) is -1.85. The van der Waals surface area contributed by atoms with E-state index in [1.165, 1.54) is 24.3 Å². The van der Waals surface area contributed by atoms with E-state index < -0.39 is 21.9 Å². The molecule has 126 valence electrons. The molecule has 0 heterocycles. The minimum absolute atomic E-state index is 0.0137. The fourth-order valence-electron chi connectivity index (χ4n) is 1.82. The van der Waals surface area contributed by atoms with Crippen molar-refractivity contribution in [1.29, 1.82) is 0 Å². The SMILES string of the molecule is Cc1ccc(S(=O)(=O)OCCOC(=O)C(=O)c2ccccc2)cc1. The predicted molar refractivity (Wildman–Crippen MR) is 86.0 cm³/mol. The van der Waals surface area contributed by atoms with E-state index in [-0.39, 0.29) is 23.7 Å². The quantitative estimate of drug-likeness (QED) is 0.250. The number of ether oxygens (including phenoxy) is 1. The minimum atomic E-state index is -3.92. The predicted octanol–water partition coefficient (Wildman–Crippen LogP) is 2.13. The summed E-state index contributed by atoms with van der Waals surface area (Å²) in [5.41, 5.74) is 1.12. The van der Waals surface area contributed by atoms with Crippen LogP contribution < -0.4 is 0 Å². The Labute approximate surface area is 140 Å². The Morgan fingerprint density at radius 1 is 0.917 bits per heavy atom. The highest BCUT2D eigenvalue weighted by Gasteiger charge is 2.19. The van der Waals surface area contributed by atoms with Crippen molar-refractivity contribution < 1.29 is 26.9 Å². The molecule has 0 aliphatic rings. The fourth-order valence-corrected chi connectivity index (χ4v) is 2.72. The number of Topliss-reactive ketones (excluding diaryl/α,β-unsaturated/α-hetero) is 1. The maximum Gasteiger partial charge on any atom is 0.379 e. The molecule has 2 rings (SSSR count). The molecule has 0 aromatic heterocycles. The largest absolute Gasteiger partial charge is 0.457 e. The first-order chi connectivity index (χ1) is 11.4. The lowest BCUT2D eigenvalue weighted by molar-refractivity contribution is -0.138. The molecular weight excluding hydrogens is 332 g/mol. The summed E-state index contributed by atoms with van der Waals surface area (Å²) < 4.78 is 33.3. The van der Waals surface area contributed by atoms with Gasteiger partial charge in [-0.05, 0) is 19.1 Å². The van der Waals surface area contributed by atoms with Crippen molar-refractivity contribution in [1.82, 2.24) is 0 Å². The number of rotatable bonds is 7. The van der Waals surface area contributed by atoms with Gasteiger partial charge in [-0.3, -0.25) is 8.98 Å². The van der Waals surface area contributed by atoms with E-state index in [1.807, 2.05) is 6.92 Å². The van der Waals surface area contributed by atoms with Crippen LogP contribution >= 0.6 is 0 Å². The van der Waals surface area contributed by atoms with Crippen molar-refractivity contribution in [3.05, 3.63) is 65.7 Å². The van der Waals surface area contributed by atoms with Gasteiger partial charge >= 0.3 is 5.97 Å². The highest BCUT2D eigenvalue weighted by atomic mass is 32.2. The van der Waals surface area contributed by atoms with Gasteiger partial charge in [-0.2, -0.15) is 8.42 Å². The second-order valence-corrected chi connectivity index (χ2v) is 6.54. The summed E-state index contributed by atoms with van der Waals surface area (Å²) in [6.45, 7) is 1.12. The molecule has 0 amide bonds. The van der Waals surface area contributed by atoms with Crippen molar-refractivity contribution in [2.24, 2.45) is 0 Å². The van der Waals surface area contributed by atoms with E-state index in [1.54, 1.807) is 30.3 Å². The minimum Gasteiger partial charge on any atom is -0.457 e. The van der Waals surface area contributed by atoms with Crippen molar-refractivity contribution in [2.75, 3.05) is 13.2 Å². The van der Waals surface area contributed by atoms with Gasteiger partial charge in [0.05, 0.1) is 4.90 Å². The summed E-state index contributed by atoms with van der Waals surface area (Å²) in [7, 11) is -3.92. The number of carbonyl (C=O) groups excluding carboxylic acids is 2. The monoisotopic (exact) mass is 348 g/mol. The third kappa shape index (κ3) is 4.74. The van der Waals surface area contributed by atoms with E-state index in [0.717, 1.165) is 5.56 Å². The Hall–Kier alpha value is -2.51. The third-order valence-electron chi connectivity index (χ3n) is 3.09. The number of hydrogen-bond acceptors (Lipinski definition) is 6. The molecule has 0 atom stereocenters. The molecule has 2 aromatic rings. The normalized spacial score (nSPS) is 11.0. The number of benzene rings is 2. The maximum absolute atomic E-state index is 11.9. The molecule has 7 heteroatoms. The van der Waals surface area contributed by atoms with Gasteiger partial charge in [-0.25, -0.2) is 4.79 Å². The van der Waals surface area contributed by atoms with Crippen LogP contribution in [0, 0.1) is 6.92 Å². The first kappa shape index (κ1) is 17.8. The van der Waals surface area contributed by atoms with Crippen LogP contribution in [-0.4, -0.2) is 33.4 Å². The van der Waals surface area contributed by atoms with Gasteiger partial charge in [-0.1, -0.05) is 48.0 Å². The molecular formula is C17H16O6S. The third-order valence-corrected chi connectivity index (χ3v) is 4.41. The van der Waals surface area contributed by atoms with E-state index in [4.69, 9.17) is 8.92 Å². The average Bonchev–Trinajstić information content (AvgIpc) is 2.59. The van der Waals surface area contributed by atoms with Crippen LogP contribution in [0.15, 0.2) is 59.5 Å². The van der Waals surface area contributed by atoms with E-state index in [0.29, 0.717) is 0 Å². The first-order valence-electron chi connectivity index (χ1n) is 7.13. The highest BCUT2D eigenvalue weighted by molar-refractivity contribution is 7.86. The summed E-state index contributed by atoms with van der Waals surface area (Å²) in [6.07, 6.45) is 0. The van der Waals surface area contributed by atoms with Crippen molar-refractivity contribution in [2.45, 2.75) is 11.8 Å². The summed E-state index contributed by atoms with van der Waals surface area (Å²) in [5, 5.41) is 0. The van der Waals surface area contributed by atoms with Crippen molar-refractivity contribution in [3.8, 4) is 0 Å². The molecule has 2 aromatic carbocycles. The molecule has 0 aliphatic carbocycles. The molecule has 0 saturated heterocycles. The number of ketones is 1. The smallest absolute Gasteiger partial charge is 0.379 e. The summed E-state index contributed by atoms with van der Waals surface area (Å²) >= 11 is 0. The fraction of sp³-hybridized carbons (Fsp3) is 0.176. The second kappa shape index (κ2) is 7.85. The van der Waals surface area contributed by atoms with Crippen LogP contribution in [0.4, 0.5) is 0 Å². The topological polar surface area (TPSA) is 86.7 Å². The Bertz CT molecular complexity index is 810. The molecule has 0 unspecified atom stereocenters. The second-order valence-electron chi connectivity index (χ2n) is 4.92. The summed E-state index contributed by atoms with van der Waals surface area (Å²) in [4.78, 5) is 23.4. The molecule has 0 spiro atoms. The standard InChI is InChI=1S/C17H16O6S/c1-13-7-9-15(10-8-13)24(20,21)23-12-11-22-17(19)16(18)14-5-3-2-4-6-14/h2-10H,11-12H2,1H3. The van der Waals surface area contributed by atoms with Crippen LogP contribution in [-0.2, 0) is 23.8 Å². The van der Waals surface area contributed by atoms with Crippen LogP contribution in [0.3, 0.4) is 0 Å². The van der Waals surface area contributed by atoms with Crippen LogP contribution in [0.2, 0.25) is 0 Å². The zero-order chi connectivity index (χ0) is 17.6. The highest BCUT2D eigenvalue weighted by Crippen LogP contribution is 2.13. The average molecular weight is 348 g/mol. The summed E-state index contributed by atoms with van der Waals surface area (Å²) in [6, 6.07) is 14.1. The molecule has 0 radical (unpaired) electrons. The van der Waals surface area contributed by atoms with Crippen molar-refractivity contribution >= 4 is 21.9 Å². The molecule has 0 saturated carbocycles. The van der Waals surface area contributed by atoms with Crippen molar-refractivity contribution in [3.63, 3.8) is 0 Å². The van der Waals surface area contributed by atoms with Gasteiger partial charge in [0.2, 0.25) is 0 Å². The van der Waals surface area contributed by atoms with E-state index in [9.17, 15) is 18.0 Å². The van der Waals surface area contributed by atoms with Gasteiger partial charge in [-0.15, -0.1) is 0 Å². The van der Waals surface area contributed by atoms with Gasteiger partial charge in [0.15, 0.2) is 0 Å².